The molecular formula is C20H20N2O2S. The van der Waals surface area contributed by atoms with Crippen LogP contribution in [0.3, 0.4) is 0 Å². The topological polar surface area (TPSA) is 40.6 Å². The zero-order chi connectivity index (χ0) is 18.0. The van der Waals surface area contributed by atoms with E-state index in [1.807, 2.05) is 74.4 Å². The molecule has 2 amide bonds. The van der Waals surface area contributed by atoms with Gasteiger partial charge in [-0.15, -0.1) is 0 Å². The fourth-order valence-electron chi connectivity index (χ4n) is 2.65. The van der Waals surface area contributed by atoms with Crippen LogP contribution < -0.4 is 4.90 Å². The molecule has 0 bridgehead atoms. The largest absolute Gasteiger partial charge is 0.378 e. The fourth-order valence-corrected chi connectivity index (χ4v) is 3.49. The number of amides is 2. The Kier molecular flexibility index (Phi) is 4.95. The Hall–Kier alpha value is -2.53. The van der Waals surface area contributed by atoms with Crippen molar-refractivity contribution in [1.29, 1.82) is 0 Å². The number of hydrogen-bond donors (Lipinski definition) is 0. The van der Waals surface area contributed by atoms with Crippen molar-refractivity contribution >= 4 is 34.7 Å². The third-order valence-electron chi connectivity index (χ3n) is 4.00. The lowest BCUT2D eigenvalue weighted by Gasteiger charge is -2.13. The number of rotatable bonds is 4. The van der Waals surface area contributed by atoms with Gasteiger partial charge in [0.15, 0.2) is 0 Å². The van der Waals surface area contributed by atoms with Gasteiger partial charge in [-0.1, -0.05) is 42.0 Å². The van der Waals surface area contributed by atoms with Crippen molar-refractivity contribution < 1.29 is 9.59 Å². The Morgan fingerprint density at radius 1 is 1.08 bits per heavy atom. The first kappa shape index (κ1) is 17.3. The Morgan fingerprint density at radius 2 is 1.80 bits per heavy atom. The minimum absolute atomic E-state index is 0.220. The van der Waals surface area contributed by atoms with Gasteiger partial charge in [-0.25, -0.2) is 0 Å². The molecule has 1 fully saturated rings. The molecule has 1 aliphatic rings. The second-order valence-corrected chi connectivity index (χ2v) is 7.24. The molecule has 0 aromatic heterocycles. The maximum absolute atomic E-state index is 12.6. The zero-order valence-electron chi connectivity index (χ0n) is 14.5. The number of imide groups is 1. The van der Waals surface area contributed by atoms with E-state index in [1.165, 1.54) is 4.90 Å². The number of aryl methyl sites for hydroxylation is 1. The summed E-state index contributed by atoms with van der Waals surface area (Å²) < 4.78 is 0. The van der Waals surface area contributed by atoms with Gasteiger partial charge in [0.1, 0.15) is 0 Å². The third kappa shape index (κ3) is 3.94. The summed E-state index contributed by atoms with van der Waals surface area (Å²) in [6, 6.07) is 15.7. The molecule has 1 aliphatic heterocycles. The van der Waals surface area contributed by atoms with E-state index in [0.717, 1.165) is 34.1 Å². The molecule has 128 valence electrons. The molecule has 1 saturated heterocycles. The molecule has 4 nitrogen and oxygen atoms in total. The van der Waals surface area contributed by atoms with Crippen LogP contribution in [0.5, 0.6) is 0 Å². The summed E-state index contributed by atoms with van der Waals surface area (Å²) >= 11 is 0.999. The van der Waals surface area contributed by atoms with Gasteiger partial charge in [-0.2, -0.15) is 0 Å². The number of carbonyl (C=O) groups excluding carboxylic acids is 2. The van der Waals surface area contributed by atoms with Gasteiger partial charge >= 0.3 is 0 Å². The number of nitrogens with zero attached hydrogens (tertiary/aromatic N) is 2. The first-order valence-corrected chi connectivity index (χ1v) is 8.84. The molecule has 3 rings (SSSR count). The van der Waals surface area contributed by atoms with E-state index >= 15 is 0 Å². The van der Waals surface area contributed by atoms with Gasteiger partial charge in [-0.05, 0) is 48.0 Å². The quantitative estimate of drug-likeness (QED) is 0.770. The number of hydrogen-bond acceptors (Lipinski definition) is 4. The van der Waals surface area contributed by atoms with Gasteiger partial charge in [0.2, 0.25) is 0 Å². The summed E-state index contributed by atoms with van der Waals surface area (Å²) in [4.78, 5) is 28.6. The van der Waals surface area contributed by atoms with Crippen molar-refractivity contribution in [3.05, 3.63) is 70.1 Å². The Morgan fingerprint density at radius 3 is 2.44 bits per heavy atom. The summed E-state index contributed by atoms with van der Waals surface area (Å²) in [5.74, 6) is -0.229. The Bertz CT molecular complexity index is 841. The summed E-state index contributed by atoms with van der Waals surface area (Å²) in [7, 11) is 3.96. The van der Waals surface area contributed by atoms with E-state index in [2.05, 4.69) is 0 Å². The summed E-state index contributed by atoms with van der Waals surface area (Å²) in [5.41, 5.74) is 4.07. The predicted octanol–water partition coefficient (Wildman–Crippen LogP) is 4.30. The SMILES string of the molecule is Cc1cccc(CN2C(=O)S/C(=C/c3ccc(N(C)C)cc3)C2=O)c1. The van der Waals surface area contributed by atoms with Crippen molar-refractivity contribution in [1.82, 2.24) is 4.90 Å². The predicted molar refractivity (Wildman–Crippen MR) is 103 cm³/mol. The monoisotopic (exact) mass is 352 g/mol. The highest BCUT2D eigenvalue weighted by molar-refractivity contribution is 8.18. The Labute approximate surface area is 152 Å². The second kappa shape index (κ2) is 7.15. The molecule has 0 saturated carbocycles. The fraction of sp³-hybridized carbons (Fsp3) is 0.200. The molecular weight excluding hydrogens is 332 g/mol. The molecule has 25 heavy (non-hydrogen) atoms. The zero-order valence-corrected chi connectivity index (χ0v) is 15.3. The minimum Gasteiger partial charge on any atom is -0.378 e. The molecule has 2 aromatic carbocycles. The lowest BCUT2D eigenvalue weighted by molar-refractivity contribution is -0.123. The van der Waals surface area contributed by atoms with Crippen molar-refractivity contribution in [3.63, 3.8) is 0 Å². The molecule has 0 aliphatic carbocycles. The van der Waals surface area contributed by atoms with Crippen molar-refractivity contribution in [2.75, 3.05) is 19.0 Å². The van der Waals surface area contributed by atoms with Gasteiger partial charge < -0.3 is 4.90 Å². The smallest absolute Gasteiger partial charge is 0.293 e. The van der Waals surface area contributed by atoms with Gasteiger partial charge in [0, 0.05) is 19.8 Å². The maximum Gasteiger partial charge on any atom is 0.293 e. The van der Waals surface area contributed by atoms with E-state index < -0.39 is 0 Å². The lowest BCUT2D eigenvalue weighted by Crippen LogP contribution is -2.27. The third-order valence-corrected chi connectivity index (χ3v) is 4.91. The highest BCUT2D eigenvalue weighted by atomic mass is 32.2. The van der Waals surface area contributed by atoms with E-state index in [0.29, 0.717) is 11.4 Å². The summed E-state index contributed by atoms with van der Waals surface area (Å²) in [5, 5.41) is -0.220. The highest BCUT2D eigenvalue weighted by Crippen LogP contribution is 2.33. The summed E-state index contributed by atoms with van der Waals surface area (Å²) in [6.07, 6.45) is 1.78. The van der Waals surface area contributed by atoms with Gasteiger partial charge in [0.25, 0.3) is 11.1 Å². The van der Waals surface area contributed by atoms with Crippen LogP contribution in [0, 0.1) is 6.92 Å². The second-order valence-electron chi connectivity index (χ2n) is 6.24. The molecule has 0 spiro atoms. The van der Waals surface area contributed by atoms with Gasteiger partial charge in [-0.3, -0.25) is 14.5 Å². The molecule has 5 heteroatoms. The average Bonchev–Trinajstić information content (AvgIpc) is 2.83. The lowest BCUT2D eigenvalue weighted by atomic mass is 10.1. The molecule has 0 atom stereocenters. The Balaban J connectivity index is 1.78. The maximum atomic E-state index is 12.6. The number of anilines is 1. The molecule has 1 heterocycles. The van der Waals surface area contributed by atoms with Crippen molar-refractivity contribution in [2.24, 2.45) is 0 Å². The van der Waals surface area contributed by atoms with Crippen LogP contribution in [-0.4, -0.2) is 30.1 Å². The van der Waals surface area contributed by atoms with E-state index in [1.54, 1.807) is 6.08 Å². The van der Waals surface area contributed by atoms with Gasteiger partial charge in [0.05, 0.1) is 11.4 Å². The van der Waals surface area contributed by atoms with E-state index in [-0.39, 0.29) is 11.1 Å². The van der Waals surface area contributed by atoms with Crippen LogP contribution in [0.2, 0.25) is 0 Å². The summed E-state index contributed by atoms with van der Waals surface area (Å²) in [6.45, 7) is 2.30. The molecule has 0 radical (unpaired) electrons. The van der Waals surface area contributed by atoms with Crippen LogP contribution in [-0.2, 0) is 11.3 Å². The molecule has 0 N–H and O–H groups in total. The number of thioether (sulfide) groups is 1. The van der Waals surface area contributed by atoms with Crippen LogP contribution in [0.1, 0.15) is 16.7 Å². The first-order chi connectivity index (χ1) is 11.9. The molecule has 2 aromatic rings. The standard InChI is InChI=1S/C20H20N2O2S/c1-14-5-4-6-16(11-14)13-22-19(23)18(25-20(22)24)12-15-7-9-17(10-8-15)21(2)3/h4-12H,13H2,1-3H3/b18-12+. The van der Waals surface area contributed by atoms with E-state index in [9.17, 15) is 9.59 Å². The van der Waals surface area contributed by atoms with Crippen molar-refractivity contribution in [2.45, 2.75) is 13.5 Å². The van der Waals surface area contributed by atoms with Crippen molar-refractivity contribution in [3.8, 4) is 0 Å². The number of carbonyl (C=O) groups is 2. The normalized spacial score (nSPS) is 16.0. The van der Waals surface area contributed by atoms with Crippen LogP contribution >= 0.6 is 11.8 Å². The highest BCUT2D eigenvalue weighted by Gasteiger charge is 2.34. The van der Waals surface area contributed by atoms with Crippen LogP contribution in [0.15, 0.2) is 53.4 Å². The van der Waals surface area contributed by atoms with E-state index in [4.69, 9.17) is 0 Å². The molecule has 0 unspecified atom stereocenters. The minimum atomic E-state index is -0.229. The van der Waals surface area contributed by atoms with Crippen LogP contribution in [0.25, 0.3) is 6.08 Å². The first-order valence-electron chi connectivity index (χ1n) is 8.02. The number of benzene rings is 2. The average molecular weight is 352 g/mol. The van der Waals surface area contributed by atoms with Crippen LogP contribution in [0.4, 0.5) is 10.5 Å².